The van der Waals surface area contributed by atoms with Crippen molar-refractivity contribution in [3.05, 3.63) is 27.2 Å². The van der Waals surface area contributed by atoms with E-state index >= 15 is 0 Å². The molecule has 0 bridgehead atoms. The highest BCUT2D eigenvalue weighted by Gasteiger charge is 2.21. The summed E-state index contributed by atoms with van der Waals surface area (Å²) in [6.45, 7) is 3.34. The second kappa shape index (κ2) is 18.3. The van der Waals surface area contributed by atoms with Gasteiger partial charge in [0.1, 0.15) is 0 Å². The summed E-state index contributed by atoms with van der Waals surface area (Å²) in [5, 5.41) is 12.5. The van der Waals surface area contributed by atoms with E-state index in [0.717, 1.165) is 57.9 Å². The highest BCUT2D eigenvalue weighted by molar-refractivity contribution is 5.69. The SMILES string of the molecule is CCCCCCCCCCCCNC(CCCCCCCCCO)n1c(=O)c2c(ncn2C)n(C)c1=O. The molecule has 212 valence electrons. The molecule has 0 aliphatic carbocycles. The first kappa shape index (κ1) is 31.3. The van der Waals surface area contributed by atoms with Gasteiger partial charge in [-0.1, -0.05) is 103 Å². The zero-order chi connectivity index (χ0) is 26.9. The van der Waals surface area contributed by atoms with E-state index in [1.165, 1.54) is 73.3 Å². The van der Waals surface area contributed by atoms with Crippen LogP contribution >= 0.6 is 0 Å². The molecule has 1 atom stereocenters. The van der Waals surface area contributed by atoms with Gasteiger partial charge in [0.15, 0.2) is 11.2 Å². The average Bonchev–Trinajstić information content (AvgIpc) is 3.28. The normalized spacial score (nSPS) is 12.5. The summed E-state index contributed by atoms with van der Waals surface area (Å²) in [5.41, 5.74) is 0.338. The van der Waals surface area contributed by atoms with Gasteiger partial charge in [-0.15, -0.1) is 0 Å². The van der Waals surface area contributed by atoms with Crippen LogP contribution in [0.1, 0.15) is 129 Å². The lowest BCUT2D eigenvalue weighted by Gasteiger charge is -2.22. The van der Waals surface area contributed by atoms with Gasteiger partial charge in [-0.05, 0) is 25.8 Å². The molecular weight excluding hydrogens is 466 g/mol. The number of aryl methyl sites for hydroxylation is 2. The summed E-state index contributed by atoms with van der Waals surface area (Å²) in [7, 11) is 3.49. The molecule has 2 heterocycles. The van der Waals surface area contributed by atoms with E-state index in [9.17, 15) is 9.59 Å². The Morgan fingerprint density at radius 2 is 1.35 bits per heavy atom. The zero-order valence-electron chi connectivity index (χ0n) is 23.8. The Bertz CT molecular complexity index is 994. The predicted molar refractivity (Wildman–Crippen MR) is 153 cm³/mol. The number of aliphatic hydroxyl groups is 1. The summed E-state index contributed by atoms with van der Waals surface area (Å²) < 4.78 is 4.62. The van der Waals surface area contributed by atoms with Gasteiger partial charge < -0.3 is 9.67 Å². The van der Waals surface area contributed by atoms with Crippen LogP contribution in [-0.2, 0) is 14.1 Å². The Kier molecular flexibility index (Phi) is 15.5. The molecule has 0 amide bonds. The fourth-order valence-corrected chi connectivity index (χ4v) is 5.17. The second-order valence-electron chi connectivity index (χ2n) is 10.7. The lowest BCUT2D eigenvalue weighted by Crippen LogP contribution is -2.46. The Morgan fingerprint density at radius 1 is 0.811 bits per heavy atom. The molecule has 0 radical (unpaired) electrons. The topological polar surface area (TPSA) is 94.1 Å². The van der Waals surface area contributed by atoms with Gasteiger partial charge in [0, 0.05) is 20.7 Å². The Balaban J connectivity index is 1.91. The number of hydrogen-bond acceptors (Lipinski definition) is 5. The van der Waals surface area contributed by atoms with Crippen LogP contribution in [0.4, 0.5) is 0 Å². The predicted octanol–water partition coefficient (Wildman–Crippen LogP) is 5.56. The first-order valence-corrected chi connectivity index (χ1v) is 15.0. The Hall–Kier alpha value is -1.93. The molecule has 1 unspecified atom stereocenters. The van der Waals surface area contributed by atoms with E-state index in [2.05, 4.69) is 17.2 Å². The molecular formula is C29H53N5O3. The summed E-state index contributed by atoms with van der Waals surface area (Å²) >= 11 is 0. The van der Waals surface area contributed by atoms with Crippen molar-refractivity contribution in [2.45, 2.75) is 129 Å². The van der Waals surface area contributed by atoms with Gasteiger partial charge in [-0.25, -0.2) is 14.3 Å². The molecule has 2 aromatic heterocycles. The maximum atomic E-state index is 13.4. The average molecular weight is 520 g/mol. The molecule has 2 N–H and O–H groups in total. The fraction of sp³-hybridized carbons (Fsp3) is 0.828. The van der Waals surface area contributed by atoms with E-state index in [0.29, 0.717) is 11.2 Å². The fourth-order valence-electron chi connectivity index (χ4n) is 5.17. The zero-order valence-corrected chi connectivity index (χ0v) is 23.8. The van der Waals surface area contributed by atoms with Gasteiger partial charge in [-0.3, -0.25) is 14.7 Å². The quantitative estimate of drug-likeness (QED) is 0.199. The van der Waals surface area contributed by atoms with Crippen molar-refractivity contribution in [3.8, 4) is 0 Å². The van der Waals surface area contributed by atoms with Crippen molar-refractivity contribution >= 4 is 11.2 Å². The Labute approximate surface area is 223 Å². The number of imidazole rings is 1. The molecule has 2 rings (SSSR count). The van der Waals surface area contributed by atoms with Gasteiger partial charge >= 0.3 is 5.69 Å². The highest BCUT2D eigenvalue weighted by Crippen LogP contribution is 2.15. The van der Waals surface area contributed by atoms with Gasteiger partial charge in [0.05, 0.1) is 12.5 Å². The summed E-state index contributed by atoms with van der Waals surface area (Å²) in [6, 6.07) is 0. The largest absolute Gasteiger partial charge is 0.396 e. The van der Waals surface area contributed by atoms with Gasteiger partial charge in [0.2, 0.25) is 0 Å². The van der Waals surface area contributed by atoms with Gasteiger partial charge in [-0.2, -0.15) is 0 Å². The van der Waals surface area contributed by atoms with Crippen LogP contribution in [-0.4, -0.2) is 36.9 Å². The smallest absolute Gasteiger partial charge is 0.333 e. The number of unbranched alkanes of at least 4 members (excludes halogenated alkanes) is 15. The molecule has 37 heavy (non-hydrogen) atoms. The summed E-state index contributed by atoms with van der Waals surface area (Å²) in [5.74, 6) is 0. The number of aromatic nitrogens is 4. The summed E-state index contributed by atoms with van der Waals surface area (Å²) in [6.07, 6.45) is 22.4. The van der Waals surface area contributed by atoms with Crippen LogP contribution < -0.4 is 16.6 Å². The monoisotopic (exact) mass is 519 g/mol. The highest BCUT2D eigenvalue weighted by atomic mass is 16.3. The third-order valence-corrected chi connectivity index (χ3v) is 7.51. The first-order valence-electron chi connectivity index (χ1n) is 15.0. The summed E-state index contributed by atoms with van der Waals surface area (Å²) in [4.78, 5) is 30.9. The van der Waals surface area contributed by atoms with E-state index < -0.39 is 0 Å². The van der Waals surface area contributed by atoms with Crippen LogP contribution in [0.5, 0.6) is 0 Å². The first-order chi connectivity index (χ1) is 18.0. The van der Waals surface area contributed by atoms with Crippen LogP contribution in [0.15, 0.2) is 15.9 Å². The molecule has 0 saturated heterocycles. The molecule has 0 fully saturated rings. The van der Waals surface area contributed by atoms with Crippen LogP contribution in [0.3, 0.4) is 0 Å². The lowest BCUT2D eigenvalue weighted by atomic mass is 10.1. The van der Waals surface area contributed by atoms with Crippen molar-refractivity contribution in [2.75, 3.05) is 13.2 Å². The number of fused-ring (bicyclic) bond motifs is 1. The number of hydrogen-bond donors (Lipinski definition) is 2. The third kappa shape index (κ3) is 10.4. The van der Waals surface area contributed by atoms with Crippen LogP contribution in [0, 0.1) is 0 Å². The number of nitrogens with one attached hydrogen (secondary N) is 1. The molecule has 8 nitrogen and oxygen atoms in total. The van der Waals surface area contributed by atoms with E-state index in [1.807, 2.05) is 0 Å². The molecule has 0 aromatic carbocycles. The minimum absolute atomic E-state index is 0.261. The Morgan fingerprint density at radius 3 is 1.95 bits per heavy atom. The number of rotatable bonds is 22. The standard InChI is InChI=1S/C29H53N5O3/c1-4-5-6-7-8-9-10-13-16-19-22-30-25(21-18-15-12-11-14-17-20-23-35)34-28(36)26-27(31-24-32(26)2)33(3)29(34)37/h24-25,30,35H,4-23H2,1-3H3. The molecule has 0 saturated carbocycles. The number of aliphatic hydroxyl groups excluding tert-OH is 1. The maximum Gasteiger partial charge on any atom is 0.333 e. The van der Waals surface area contributed by atoms with Crippen LogP contribution in [0.25, 0.3) is 11.2 Å². The van der Waals surface area contributed by atoms with Crippen molar-refractivity contribution in [2.24, 2.45) is 14.1 Å². The molecule has 0 spiro atoms. The molecule has 0 aliphatic heterocycles. The van der Waals surface area contributed by atoms with E-state index in [1.54, 1.807) is 25.0 Å². The van der Waals surface area contributed by atoms with Crippen LogP contribution in [0.2, 0.25) is 0 Å². The minimum Gasteiger partial charge on any atom is -0.396 e. The maximum absolute atomic E-state index is 13.4. The van der Waals surface area contributed by atoms with Crippen molar-refractivity contribution in [1.29, 1.82) is 0 Å². The molecule has 2 aromatic rings. The molecule has 8 heteroatoms. The van der Waals surface area contributed by atoms with Crippen molar-refractivity contribution in [3.63, 3.8) is 0 Å². The second-order valence-corrected chi connectivity index (χ2v) is 10.7. The third-order valence-electron chi connectivity index (χ3n) is 7.51. The van der Waals surface area contributed by atoms with Gasteiger partial charge in [0.25, 0.3) is 5.56 Å². The van der Waals surface area contributed by atoms with Crippen molar-refractivity contribution < 1.29 is 5.11 Å². The lowest BCUT2D eigenvalue weighted by molar-refractivity contribution is 0.282. The molecule has 0 aliphatic rings. The van der Waals surface area contributed by atoms with Crippen molar-refractivity contribution in [1.82, 2.24) is 24.0 Å². The number of nitrogens with zero attached hydrogens (tertiary/aromatic N) is 4. The van der Waals surface area contributed by atoms with E-state index in [-0.39, 0.29) is 24.0 Å². The van der Waals surface area contributed by atoms with E-state index in [4.69, 9.17) is 5.11 Å². The minimum atomic E-state index is -0.307.